The normalized spacial score (nSPS) is 17.6. The summed E-state index contributed by atoms with van der Waals surface area (Å²) in [6.07, 6.45) is 4.07. The van der Waals surface area contributed by atoms with Gasteiger partial charge in [-0.3, -0.25) is 23.9 Å². The minimum atomic E-state index is -2.37. The maximum absolute atomic E-state index is 13.6. The van der Waals surface area contributed by atoms with Crippen molar-refractivity contribution in [3.8, 4) is 5.69 Å². The Balaban J connectivity index is 1.28. The molecule has 1 aromatic carbocycles. The van der Waals surface area contributed by atoms with Crippen LogP contribution in [0.5, 0.6) is 0 Å². The first kappa shape index (κ1) is 27.0. The van der Waals surface area contributed by atoms with Crippen LogP contribution in [0.15, 0.2) is 59.7 Å². The molecule has 1 aliphatic carbocycles. The van der Waals surface area contributed by atoms with Crippen LogP contribution in [0.2, 0.25) is 5.02 Å². The fourth-order valence-electron chi connectivity index (χ4n) is 5.34. The first-order chi connectivity index (χ1) is 18.8. The van der Waals surface area contributed by atoms with E-state index in [1.807, 2.05) is 28.8 Å². The van der Waals surface area contributed by atoms with Crippen molar-refractivity contribution in [3.63, 3.8) is 0 Å². The molecule has 1 N–H and O–H groups in total. The third-order valence-electron chi connectivity index (χ3n) is 7.44. The van der Waals surface area contributed by atoms with Crippen molar-refractivity contribution in [1.29, 1.82) is 0 Å². The molecule has 1 aliphatic rings. The topological polar surface area (TPSA) is 81.8 Å². The Labute approximate surface area is 229 Å². The van der Waals surface area contributed by atoms with E-state index in [4.69, 9.17) is 11.6 Å². The standard InChI is InChI=1S/C29H30ClF2N5O2/c1-18-24(14-20(30)15-33-18)28(38)35-22-8-6-19(7-9-22)17-36-25-4-2-3-5-26(25)37(29(36)39)23-12-10-21(34-16-23)11-13-27(31)32/h2-5,10,12,14-16,19,22,27H,6-9,11,13,17H2,1H3,(H,35,38). The second kappa shape index (κ2) is 11.7. The fourth-order valence-corrected chi connectivity index (χ4v) is 5.49. The lowest BCUT2D eigenvalue weighted by molar-refractivity contribution is 0.0919. The van der Waals surface area contributed by atoms with Crippen LogP contribution >= 0.6 is 11.6 Å². The van der Waals surface area contributed by atoms with E-state index in [1.54, 1.807) is 35.9 Å². The lowest BCUT2D eigenvalue weighted by Gasteiger charge is -2.29. The van der Waals surface area contributed by atoms with E-state index in [0.29, 0.717) is 40.1 Å². The highest BCUT2D eigenvalue weighted by Gasteiger charge is 2.25. The van der Waals surface area contributed by atoms with Gasteiger partial charge >= 0.3 is 5.69 Å². The van der Waals surface area contributed by atoms with E-state index in [9.17, 15) is 18.4 Å². The Hall–Kier alpha value is -3.59. The SMILES string of the molecule is Cc1ncc(Cl)cc1C(=O)NC1CCC(Cn2c(=O)n(-c3ccc(CCC(F)F)nc3)c3ccccc32)CC1. The quantitative estimate of drug-likeness (QED) is 0.302. The minimum absolute atomic E-state index is 0.0554. The summed E-state index contributed by atoms with van der Waals surface area (Å²) in [5, 5.41) is 3.54. The second-order valence-electron chi connectivity index (χ2n) is 10.1. The molecule has 0 aliphatic heterocycles. The lowest BCUT2D eigenvalue weighted by Crippen LogP contribution is -2.39. The van der Waals surface area contributed by atoms with Gasteiger partial charge in [-0.2, -0.15) is 0 Å². The zero-order valence-electron chi connectivity index (χ0n) is 21.6. The van der Waals surface area contributed by atoms with Gasteiger partial charge in [0.25, 0.3) is 5.91 Å². The third kappa shape index (κ3) is 6.03. The zero-order valence-corrected chi connectivity index (χ0v) is 22.4. The van der Waals surface area contributed by atoms with E-state index in [1.165, 1.54) is 6.20 Å². The molecule has 10 heteroatoms. The molecule has 4 aromatic rings. The summed E-state index contributed by atoms with van der Waals surface area (Å²) in [6, 6.07) is 12.8. The molecule has 1 fully saturated rings. The predicted molar refractivity (Wildman–Crippen MR) is 147 cm³/mol. The number of pyridine rings is 2. The Morgan fingerprint density at radius 1 is 1.08 bits per heavy atom. The molecule has 0 unspecified atom stereocenters. The molecule has 0 bridgehead atoms. The van der Waals surface area contributed by atoms with E-state index >= 15 is 0 Å². The summed E-state index contributed by atoms with van der Waals surface area (Å²) in [4.78, 5) is 34.9. The molecule has 0 saturated heterocycles. The molecule has 5 rings (SSSR count). The van der Waals surface area contributed by atoms with Gasteiger partial charge in [-0.05, 0) is 75.3 Å². The van der Waals surface area contributed by atoms with Gasteiger partial charge in [0.05, 0.1) is 39.2 Å². The number of benzene rings is 1. The number of nitrogens with zero attached hydrogens (tertiary/aromatic N) is 4. The molecule has 7 nitrogen and oxygen atoms in total. The average Bonchev–Trinajstić information content (AvgIpc) is 3.21. The number of imidazole rings is 1. The highest BCUT2D eigenvalue weighted by molar-refractivity contribution is 6.30. The number of hydrogen-bond donors (Lipinski definition) is 1. The maximum atomic E-state index is 13.6. The van der Waals surface area contributed by atoms with Crippen molar-refractivity contribution < 1.29 is 13.6 Å². The highest BCUT2D eigenvalue weighted by Crippen LogP contribution is 2.28. The summed E-state index contributed by atoms with van der Waals surface area (Å²) in [6.45, 7) is 2.36. The average molecular weight is 554 g/mol. The monoisotopic (exact) mass is 553 g/mol. The van der Waals surface area contributed by atoms with Gasteiger partial charge in [-0.25, -0.2) is 13.6 Å². The number of halogens is 3. The van der Waals surface area contributed by atoms with Crippen LogP contribution in [0.3, 0.4) is 0 Å². The van der Waals surface area contributed by atoms with Gasteiger partial charge < -0.3 is 5.32 Å². The van der Waals surface area contributed by atoms with Crippen LogP contribution in [0.25, 0.3) is 16.7 Å². The lowest BCUT2D eigenvalue weighted by atomic mass is 9.85. The molecule has 0 atom stereocenters. The molecule has 0 spiro atoms. The summed E-state index contributed by atoms with van der Waals surface area (Å²) >= 11 is 6.02. The highest BCUT2D eigenvalue weighted by atomic mass is 35.5. The van der Waals surface area contributed by atoms with Gasteiger partial charge in [0, 0.05) is 30.9 Å². The largest absolute Gasteiger partial charge is 0.349 e. The molecular weight excluding hydrogens is 524 g/mol. The second-order valence-corrected chi connectivity index (χ2v) is 10.6. The van der Waals surface area contributed by atoms with E-state index in [0.717, 1.165) is 36.7 Å². The van der Waals surface area contributed by atoms with Crippen LogP contribution in [0.1, 0.15) is 53.8 Å². The van der Waals surface area contributed by atoms with Gasteiger partial charge in [0.15, 0.2) is 0 Å². The molecule has 1 saturated carbocycles. The van der Waals surface area contributed by atoms with Crippen LogP contribution < -0.4 is 11.0 Å². The minimum Gasteiger partial charge on any atom is -0.349 e. The van der Waals surface area contributed by atoms with Crippen molar-refractivity contribution >= 4 is 28.5 Å². The summed E-state index contributed by atoms with van der Waals surface area (Å²) < 4.78 is 28.6. The number of carbonyl (C=O) groups is 1. The number of rotatable bonds is 8. The van der Waals surface area contributed by atoms with Crippen molar-refractivity contribution in [3.05, 3.63) is 87.3 Å². The summed E-state index contributed by atoms with van der Waals surface area (Å²) in [5.74, 6) is 0.124. The van der Waals surface area contributed by atoms with Crippen LogP contribution in [-0.2, 0) is 13.0 Å². The molecular formula is C29H30ClF2N5O2. The number of aromatic nitrogens is 4. The number of amides is 1. The number of nitrogens with one attached hydrogen (secondary N) is 1. The Bertz CT molecular complexity index is 1530. The fraction of sp³-hybridized carbons (Fsp3) is 0.379. The van der Waals surface area contributed by atoms with Crippen LogP contribution in [0, 0.1) is 12.8 Å². The van der Waals surface area contributed by atoms with Crippen LogP contribution in [0.4, 0.5) is 8.78 Å². The number of para-hydroxylation sites is 2. The molecule has 0 radical (unpaired) electrons. The van der Waals surface area contributed by atoms with E-state index in [2.05, 4.69) is 15.3 Å². The Morgan fingerprint density at radius 2 is 1.82 bits per heavy atom. The predicted octanol–water partition coefficient (Wildman–Crippen LogP) is 5.73. The molecule has 1 amide bonds. The number of carbonyl (C=O) groups excluding carboxylic acids is 1. The van der Waals surface area contributed by atoms with Crippen LogP contribution in [-0.4, -0.2) is 37.5 Å². The van der Waals surface area contributed by atoms with Gasteiger partial charge in [-0.1, -0.05) is 23.7 Å². The first-order valence-electron chi connectivity index (χ1n) is 13.2. The molecule has 204 valence electrons. The summed E-state index contributed by atoms with van der Waals surface area (Å²) in [5.41, 5.74) is 3.76. The van der Waals surface area contributed by atoms with Crippen molar-refractivity contribution in [2.75, 3.05) is 0 Å². The summed E-state index contributed by atoms with van der Waals surface area (Å²) in [7, 11) is 0. The Morgan fingerprint density at radius 3 is 2.51 bits per heavy atom. The van der Waals surface area contributed by atoms with E-state index < -0.39 is 6.43 Å². The maximum Gasteiger partial charge on any atom is 0.333 e. The van der Waals surface area contributed by atoms with Crippen molar-refractivity contribution in [1.82, 2.24) is 24.4 Å². The van der Waals surface area contributed by atoms with Gasteiger partial charge in [-0.15, -0.1) is 0 Å². The molecule has 39 heavy (non-hydrogen) atoms. The van der Waals surface area contributed by atoms with Crippen molar-refractivity contribution in [2.45, 2.75) is 64.5 Å². The zero-order chi connectivity index (χ0) is 27.5. The molecule has 3 aromatic heterocycles. The van der Waals surface area contributed by atoms with Gasteiger partial charge in [0.1, 0.15) is 0 Å². The van der Waals surface area contributed by atoms with E-state index in [-0.39, 0.29) is 30.5 Å². The smallest absolute Gasteiger partial charge is 0.333 e. The van der Waals surface area contributed by atoms with Gasteiger partial charge in [0.2, 0.25) is 6.43 Å². The third-order valence-corrected chi connectivity index (χ3v) is 7.65. The Kier molecular flexibility index (Phi) is 8.07. The number of alkyl halides is 2. The number of fused-ring (bicyclic) bond motifs is 1. The van der Waals surface area contributed by atoms with Crippen molar-refractivity contribution in [2.24, 2.45) is 5.92 Å². The molecule has 3 heterocycles. The number of hydrogen-bond acceptors (Lipinski definition) is 4. The first-order valence-corrected chi connectivity index (χ1v) is 13.5. The number of aryl methyl sites for hydroxylation is 2.